The lowest BCUT2D eigenvalue weighted by Crippen LogP contribution is -2.52. The minimum absolute atomic E-state index is 0.0391. The number of rotatable bonds is 4. The highest BCUT2D eigenvalue weighted by Gasteiger charge is 2.43. The fourth-order valence-corrected chi connectivity index (χ4v) is 4.21. The van der Waals surface area contributed by atoms with E-state index in [-0.39, 0.29) is 29.4 Å². The van der Waals surface area contributed by atoms with E-state index in [1.165, 1.54) is 24.3 Å². The van der Waals surface area contributed by atoms with Crippen molar-refractivity contribution < 1.29 is 22.7 Å². The van der Waals surface area contributed by atoms with E-state index in [2.05, 4.69) is 0 Å². The largest absolute Gasteiger partial charge is 0.465 e. The molecule has 2 aromatic carbocycles. The molecule has 0 aromatic heterocycles. The van der Waals surface area contributed by atoms with Gasteiger partial charge in [0.25, 0.3) is 10.0 Å². The van der Waals surface area contributed by atoms with E-state index in [1.807, 2.05) is 0 Å². The van der Waals surface area contributed by atoms with Gasteiger partial charge in [-0.3, -0.25) is 9.69 Å². The first-order chi connectivity index (χ1) is 12.0. The molecule has 0 N–H and O–H groups in total. The standard InChI is InChI=1S/C17H16N2O5S/c1-2-24-16(20)12-18-14-10-6-7-11-15(14)25(22,23)19(17(18)21)13-8-4-3-5-9-13/h3-11H,2,12H2,1H3. The van der Waals surface area contributed by atoms with Gasteiger partial charge in [0, 0.05) is 0 Å². The SMILES string of the molecule is CCOC(=O)CN1C(=O)N(c2ccccc2)S(=O)(=O)c2ccccc21. The molecule has 0 radical (unpaired) electrons. The summed E-state index contributed by atoms with van der Waals surface area (Å²) in [6.45, 7) is 1.45. The van der Waals surface area contributed by atoms with Crippen LogP contribution in [0.4, 0.5) is 16.2 Å². The summed E-state index contributed by atoms with van der Waals surface area (Å²) in [6, 6.07) is 13.3. The van der Waals surface area contributed by atoms with Gasteiger partial charge in [-0.1, -0.05) is 30.3 Å². The Morgan fingerprint density at radius 2 is 1.68 bits per heavy atom. The summed E-state index contributed by atoms with van der Waals surface area (Å²) in [6.07, 6.45) is 0. The lowest BCUT2D eigenvalue weighted by atomic mass is 10.2. The maximum atomic E-state index is 12.9. The predicted molar refractivity (Wildman–Crippen MR) is 91.9 cm³/mol. The Labute approximate surface area is 145 Å². The van der Waals surface area contributed by atoms with Crippen LogP contribution in [0.5, 0.6) is 0 Å². The molecule has 3 rings (SSSR count). The Bertz CT molecular complexity index is 912. The number of fused-ring (bicyclic) bond motifs is 1. The van der Waals surface area contributed by atoms with Gasteiger partial charge in [0.05, 0.1) is 18.0 Å². The molecule has 0 spiro atoms. The van der Waals surface area contributed by atoms with Gasteiger partial charge in [0.15, 0.2) is 0 Å². The Morgan fingerprint density at radius 1 is 1.04 bits per heavy atom. The normalized spacial score (nSPS) is 15.6. The number of ether oxygens (including phenoxy) is 1. The second-order valence-electron chi connectivity index (χ2n) is 5.25. The van der Waals surface area contributed by atoms with E-state index >= 15 is 0 Å². The molecule has 1 aliphatic rings. The van der Waals surface area contributed by atoms with E-state index in [4.69, 9.17) is 4.74 Å². The predicted octanol–water partition coefficient (Wildman–Crippen LogP) is 2.39. The Balaban J connectivity index is 2.14. The third-order valence-corrected chi connectivity index (χ3v) is 5.41. The van der Waals surface area contributed by atoms with Crippen LogP contribution in [0.2, 0.25) is 0 Å². The number of nitrogens with zero attached hydrogens (tertiary/aromatic N) is 2. The molecule has 0 unspecified atom stereocenters. The third-order valence-electron chi connectivity index (χ3n) is 3.66. The number of hydrogen-bond acceptors (Lipinski definition) is 5. The van der Waals surface area contributed by atoms with Crippen LogP contribution in [0.25, 0.3) is 0 Å². The van der Waals surface area contributed by atoms with E-state index in [0.29, 0.717) is 4.31 Å². The van der Waals surface area contributed by atoms with Crippen LogP contribution in [0.3, 0.4) is 0 Å². The number of anilines is 2. The molecule has 1 aliphatic heterocycles. The highest BCUT2D eigenvalue weighted by atomic mass is 32.2. The third kappa shape index (κ3) is 2.96. The van der Waals surface area contributed by atoms with E-state index in [1.54, 1.807) is 37.3 Å². The summed E-state index contributed by atoms with van der Waals surface area (Å²) in [5, 5.41) is 0. The van der Waals surface area contributed by atoms with Gasteiger partial charge in [-0.25, -0.2) is 13.2 Å². The molecule has 25 heavy (non-hydrogen) atoms. The average molecular weight is 360 g/mol. The molecule has 0 atom stereocenters. The van der Waals surface area contributed by atoms with Crippen molar-refractivity contribution in [3.05, 3.63) is 54.6 Å². The number of carbonyl (C=O) groups excluding carboxylic acids is 2. The van der Waals surface area contributed by atoms with Crippen molar-refractivity contribution in [2.24, 2.45) is 0 Å². The molecular formula is C17H16N2O5S. The van der Waals surface area contributed by atoms with Gasteiger partial charge in [-0.15, -0.1) is 0 Å². The number of benzene rings is 2. The topological polar surface area (TPSA) is 84.0 Å². The summed E-state index contributed by atoms with van der Waals surface area (Å²) in [4.78, 5) is 25.9. The minimum atomic E-state index is -4.08. The van der Waals surface area contributed by atoms with E-state index < -0.39 is 22.0 Å². The van der Waals surface area contributed by atoms with Gasteiger partial charge >= 0.3 is 12.0 Å². The molecule has 1 heterocycles. The number of esters is 1. The fraction of sp³-hybridized carbons (Fsp3) is 0.176. The summed E-state index contributed by atoms with van der Waals surface area (Å²) in [7, 11) is -4.08. The Morgan fingerprint density at radius 3 is 2.36 bits per heavy atom. The zero-order valence-electron chi connectivity index (χ0n) is 13.5. The van der Waals surface area contributed by atoms with E-state index in [9.17, 15) is 18.0 Å². The summed E-state index contributed by atoms with van der Waals surface area (Å²) < 4.78 is 31.5. The molecular weight excluding hydrogens is 344 g/mol. The summed E-state index contributed by atoms with van der Waals surface area (Å²) in [5.41, 5.74) is 0.364. The first-order valence-electron chi connectivity index (χ1n) is 7.63. The smallest absolute Gasteiger partial charge is 0.343 e. The molecule has 8 heteroatoms. The highest BCUT2D eigenvalue weighted by molar-refractivity contribution is 7.94. The van der Waals surface area contributed by atoms with Crippen molar-refractivity contribution in [1.29, 1.82) is 0 Å². The first kappa shape index (κ1) is 17.0. The van der Waals surface area contributed by atoms with Crippen molar-refractivity contribution in [3.8, 4) is 0 Å². The van der Waals surface area contributed by atoms with Gasteiger partial charge in [-0.2, -0.15) is 4.31 Å². The Kier molecular flexibility index (Phi) is 4.45. The van der Waals surface area contributed by atoms with Crippen molar-refractivity contribution >= 4 is 33.4 Å². The quantitative estimate of drug-likeness (QED) is 0.782. The zero-order valence-corrected chi connectivity index (χ0v) is 14.3. The molecule has 2 aromatic rings. The number of sulfonamides is 1. The first-order valence-corrected chi connectivity index (χ1v) is 9.07. The van der Waals surface area contributed by atoms with Crippen molar-refractivity contribution in [2.45, 2.75) is 11.8 Å². The van der Waals surface area contributed by atoms with Gasteiger partial charge in [0.1, 0.15) is 11.4 Å². The molecule has 0 fully saturated rings. The van der Waals surface area contributed by atoms with Crippen LogP contribution in [-0.2, 0) is 19.6 Å². The maximum absolute atomic E-state index is 12.9. The second-order valence-corrected chi connectivity index (χ2v) is 7.00. The summed E-state index contributed by atoms with van der Waals surface area (Å²) >= 11 is 0. The van der Waals surface area contributed by atoms with Crippen LogP contribution in [-0.4, -0.2) is 33.6 Å². The lowest BCUT2D eigenvalue weighted by Gasteiger charge is -2.35. The zero-order chi connectivity index (χ0) is 18.0. The van der Waals surface area contributed by atoms with Crippen LogP contribution in [0.1, 0.15) is 6.92 Å². The van der Waals surface area contributed by atoms with Gasteiger partial charge in [0.2, 0.25) is 0 Å². The molecule has 0 saturated heterocycles. The van der Waals surface area contributed by atoms with Crippen molar-refractivity contribution in [1.82, 2.24) is 0 Å². The number of amides is 2. The number of carbonyl (C=O) groups is 2. The van der Waals surface area contributed by atoms with Crippen molar-refractivity contribution in [2.75, 3.05) is 22.4 Å². The maximum Gasteiger partial charge on any atom is 0.343 e. The van der Waals surface area contributed by atoms with Crippen molar-refractivity contribution in [3.63, 3.8) is 0 Å². The minimum Gasteiger partial charge on any atom is -0.465 e. The average Bonchev–Trinajstić information content (AvgIpc) is 2.60. The van der Waals surface area contributed by atoms with E-state index in [0.717, 1.165) is 4.90 Å². The second kappa shape index (κ2) is 6.56. The molecule has 130 valence electrons. The van der Waals surface area contributed by atoms with Crippen LogP contribution in [0.15, 0.2) is 59.5 Å². The number of hydrogen-bond donors (Lipinski definition) is 0. The number of urea groups is 1. The summed E-state index contributed by atoms with van der Waals surface area (Å²) in [5.74, 6) is -0.613. The number of para-hydroxylation sites is 2. The van der Waals surface area contributed by atoms with Gasteiger partial charge in [-0.05, 0) is 31.2 Å². The monoisotopic (exact) mass is 360 g/mol. The van der Waals surface area contributed by atoms with Crippen LogP contribution in [0, 0.1) is 0 Å². The molecule has 7 nitrogen and oxygen atoms in total. The van der Waals surface area contributed by atoms with Crippen LogP contribution >= 0.6 is 0 Å². The van der Waals surface area contributed by atoms with Gasteiger partial charge < -0.3 is 4.74 Å². The molecule has 2 amide bonds. The van der Waals surface area contributed by atoms with Crippen LogP contribution < -0.4 is 9.21 Å². The highest BCUT2D eigenvalue weighted by Crippen LogP contribution is 2.36. The lowest BCUT2D eigenvalue weighted by molar-refractivity contribution is -0.141. The molecule has 0 bridgehead atoms. The molecule has 0 saturated carbocycles. The molecule has 0 aliphatic carbocycles. The fourth-order valence-electron chi connectivity index (χ4n) is 2.61. The Hall–Kier alpha value is -2.87.